The molecule has 1 atom stereocenters. The monoisotopic (exact) mass is 454 g/mol. The Morgan fingerprint density at radius 3 is 2.87 bits per heavy atom. The maximum absolute atomic E-state index is 14.1. The molecule has 0 saturated heterocycles. The van der Waals surface area contributed by atoms with Gasteiger partial charge in [0.15, 0.2) is 11.5 Å². The molecule has 0 bridgehead atoms. The summed E-state index contributed by atoms with van der Waals surface area (Å²) in [6, 6.07) is 10.5. The lowest BCUT2D eigenvalue weighted by Crippen LogP contribution is -2.35. The van der Waals surface area contributed by atoms with Gasteiger partial charge in [-0.3, -0.25) is 0 Å². The van der Waals surface area contributed by atoms with E-state index in [0.29, 0.717) is 23.0 Å². The van der Waals surface area contributed by atoms with Gasteiger partial charge in [0.2, 0.25) is 0 Å². The highest BCUT2D eigenvalue weighted by molar-refractivity contribution is 6.32. The maximum Gasteiger partial charge on any atom is 0.182 e. The molecule has 9 heteroatoms. The van der Waals surface area contributed by atoms with E-state index >= 15 is 0 Å². The number of halogens is 3. The van der Waals surface area contributed by atoms with Crippen LogP contribution in [0.4, 0.5) is 15.9 Å². The number of hydrogen-bond acceptors (Lipinski definition) is 5. The van der Waals surface area contributed by atoms with E-state index in [4.69, 9.17) is 23.2 Å². The molecule has 0 aliphatic carbocycles. The van der Waals surface area contributed by atoms with Crippen LogP contribution in [0.15, 0.2) is 54.7 Å². The van der Waals surface area contributed by atoms with Crippen LogP contribution in [0.1, 0.15) is 18.1 Å². The van der Waals surface area contributed by atoms with E-state index in [1.165, 1.54) is 12.4 Å². The van der Waals surface area contributed by atoms with Crippen molar-refractivity contribution in [2.75, 3.05) is 10.2 Å². The minimum atomic E-state index is -0.433. The average molecular weight is 455 g/mol. The molecule has 0 radical (unpaired) electrons. The van der Waals surface area contributed by atoms with Gasteiger partial charge in [0.05, 0.1) is 23.9 Å². The summed E-state index contributed by atoms with van der Waals surface area (Å²) in [6.07, 6.45) is 5.06. The molecule has 1 aliphatic rings. The highest BCUT2D eigenvalue weighted by atomic mass is 35.5. The van der Waals surface area contributed by atoms with Crippen LogP contribution in [0.5, 0.6) is 0 Å². The zero-order valence-electron chi connectivity index (χ0n) is 16.4. The summed E-state index contributed by atoms with van der Waals surface area (Å²) in [5.41, 5.74) is 4.77. The molecule has 31 heavy (non-hydrogen) atoms. The molecular weight excluding hydrogens is 438 g/mol. The molecule has 5 rings (SSSR count). The van der Waals surface area contributed by atoms with Crippen LogP contribution in [-0.4, -0.2) is 26.0 Å². The number of aromatic nitrogens is 4. The quantitative estimate of drug-likeness (QED) is 0.416. The molecule has 2 aromatic carbocycles. The molecular formula is C22H17Cl2FN6. The van der Waals surface area contributed by atoms with Gasteiger partial charge in [-0.15, -0.1) is 0 Å². The number of hydrogen-bond donors (Lipinski definition) is 2. The zero-order valence-corrected chi connectivity index (χ0v) is 17.9. The summed E-state index contributed by atoms with van der Waals surface area (Å²) in [6.45, 7) is 2.44. The first-order valence-corrected chi connectivity index (χ1v) is 10.4. The predicted molar refractivity (Wildman–Crippen MR) is 122 cm³/mol. The lowest BCUT2D eigenvalue weighted by atomic mass is 9.97. The van der Waals surface area contributed by atoms with Crippen molar-refractivity contribution < 1.29 is 4.39 Å². The Morgan fingerprint density at radius 1 is 1.16 bits per heavy atom. The summed E-state index contributed by atoms with van der Waals surface area (Å²) in [4.78, 5) is 17.8. The van der Waals surface area contributed by atoms with Gasteiger partial charge in [-0.2, -0.15) is 0 Å². The second-order valence-electron chi connectivity index (χ2n) is 7.25. The number of H-pyrrole nitrogens is 1. The zero-order chi connectivity index (χ0) is 21.5. The Balaban J connectivity index is 1.59. The third-order valence-corrected chi connectivity index (χ3v) is 5.95. The largest absolute Gasteiger partial charge is 0.360 e. The minimum Gasteiger partial charge on any atom is -0.360 e. The van der Waals surface area contributed by atoms with Crippen molar-refractivity contribution in [2.24, 2.45) is 0 Å². The number of nitrogens with zero attached hydrogens (tertiary/aromatic N) is 4. The molecule has 0 amide bonds. The minimum absolute atomic E-state index is 0.135. The molecule has 2 N–H and O–H groups in total. The lowest BCUT2D eigenvalue weighted by Gasteiger charge is -2.36. The highest BCUT2D eigenvalue weighted by Crippen LogP contribution is 2.37. The van der Waals surface area contributed by atoms with Gasteiger partial charge < -0.3 is 15.2 Å². The average Bonchev–Trinajstić information content (AvgIpc) is 3.26. The summed E-state index contributed by atoms with van der Waals surface area (Å²) in [7, 11) is 0. The van der Waals surface area contributed by atoms with Gasteiger partial charge >= 0.3 is 0 Å². The molecule has 156 valence electrons. The van der Waals surface area contributed by atoms with Crippen LogP contribution in [0.2, 0.25) is 10.0 Å². The van der Waals surface area contributed by atoms with Crippen molar-refractivity contribution in [3.63, 3.8) is 0 Å². The van der Waals surface area contributed by atoms with Gasteiger partial charge in [-0.1, -0.05) is 35.3 Å². The SMILES string of the molecule is CC(Nc1ncnc2nc[nH]c12)C1=Cc2ccc(F)c(Cl)c2CN1c1cccc(Cl)c1. The van der Waals surface area contributed by atoms with E-state index < -0.39 is 5.82 Å². The Kier molecular flexibility index (Phi) is 5.00. The fourth-order valence-electron chi connectivity index (χ4n) is 3.79. The first-order chi connectivity index (χ1) is 15.0. The van der Waals surface area contributed by atoms with Crippen LogP contribution in [0, 0.1) is 5.82 Å². The highest BCUT2D eigenvalue weighted by Gasteiger charge is 2.27. The third kappa shape index (κ3) is 3.60. The first kappa shape index (κ1) is 19.8. The molecule has 3 heterocycles. The maximum atomic E-state index is 14.1. The number of rotatable bonds is 4. The number of anilines is 2. The van der Waals surface area contributed by atoms with Crippen LogP contribution >= 0.6 is 23.2 Å². The predicted octanol–water partition coefficient (Wildman–Crippen LogP) is 5.66. The van der Waals surface area contributed by atoms with E-state index in [0.717, 1.165) is 28.0 Å². The summed E-state index contributed by atoms with van der Waals surface area (Å²) in [5, 5.41) is 4.19. The standard InChI is InChI=1S/C22H17Cl2FN6/c1-12(30-22-20-21(27-10-26-20)28-11-29-22)18-7-13-5-6-17(25)19(24)16(13)9-31(18)15-4-2-3-14(23)8-15/h2-8,10-12H,9H2,1H3,(H2,26,27,28,29,30). The van der Waals surface area contributed by atoms with E-state index in [2.05, 4.69) is 30.2 Å². The van der Waals surface area contributed by atoms with Crippen LogP contribution < -0.4 is 10.2 Å². The van der Waals surface area contributed by atoms with E-state index in [1.807, 2.05) is 37.3 Å². The second kappa shape index (κ2) is 7.83. The molecule has 6 nitrogen and oxygen atoms in total. The van der Waals surface area contributed by atoms with Gasteiger partial charge in [0, 0.05) is 22.0 Å². The number of benzene rings is 2. The van der Waals surface area contributed by atoms with E-state index in [9.17, 15) is 4.39 Å². The molecule has 0 saturated carbocycles. The van der Waals surface area contributed by atoms with Crippen molar-refractivity contribution in [1.29, 1.82) is 0 Å². The van der Waals surface area contributed by atoms with Gasteiger partial charge in [0.25, 0.3) is 0 Å². The lowest BCUT2D eigenvalue weighted by molar-refractivity contribution is 0.624. The van der Waals surface area contributed by atoms with E-state index in [-0.39, 0.29) is 11.1 Å². The molecule has 0 spiro atoms. The summed E-state index contributed by atoms with van der Waals surface area (Å²) in [5.74, 6) is 0.210. The Labute approximate surface area is 187 Å². The third-order valence-electron chi connectivity index (χ3n) is 5.30. The molecule has 1 unspecified atom stereocenters. The van der Waals surface area contributed by atoms with E-state index in [1.54, 1.807) is 12.4 Å². The van der Waals surface area contributed by atoms with Gasteiger partial charge in [-0.05, 0) is 42.8 Å². The Morgan fingerprint density at radius 2 is 2.03 bits per heavy atom. The Bertz CT molecular complexity index is 1320. The smallest absolute Gasteiger partial charge is 0.182 e. The number of nitrogens with one attached hydrogen (secondary N) is 2. The Hall–Kier alpha value is -3.16. The molecule has 2 aromatic heterocycles. The van der Waals surface area contributed by atoms with Crippen molar-refractivity contribution >= 4 is 51.9 Å². The van der Waals surface area contributed by atoms with Crippen LogP contribution in [0.3, 0.4) is 0 Å². The van der Waals surface area contributed by atoms with Crippen LogP contribution in [0.25, 0.3) is 17.2 Å². The number of fused-ring (bicyclic) bond motifs is 2. The molecule has 1 aliphatic heterocycles. The van der Waals surface area contributed by atoms with Crippen molar-refractivity contribution in [1.82, 2.24) is 19.9 Å². The van der Waals surface area contributed by atoms with Gasteiger partial charge in [-0.25, -0.2) is 19.3 Å². The topological polar surface area (TPSA) is 69.7 Å². The normalized spacial score (nSPS) is 14.3. The second-order valence-corrected chi connectivity index (χ2v) is 8.07. The van der Waals surface area contributed by atoms with Crippen molar-refractivity contribution in [3.05, 3.63) is 81.7 Å². The number of aromatic amines is 1. The van der Waals surface area contributed by atoms with Gasteiger partial charge in [0.1, 0.15) is 17.7 Å². The fraction of sp³-hybridized carbons (Fsp3) is 0.136. The number of imidazole rings is 1. The molecule has 0 fully saturated rings. The van der Waals surface area contributed by atoms with Crippen molar-refractivity contribution in [3.8, 4) is 0 Å². The van der Waals surface area contributed by atoms with Crippen molar-refractivity contribution in [2.45, 2.75) is 19.5 Å². The fourth-order valence-corrected chi connectivity index (χ4v) is 4.20. The summed E-state index contributed by atoms with van der Waals surface area (Å²) < 4.78 is 14.1. The van der Waals surface area contributed by atoms with Crippen LogP contribution in [-0.2, 0) is 6.54 Å². The first-order valence-electron chi connectivity index (χ1n) is 9.63. The molecule has 4 aromatic rings. The summed E-state index contributed by atoms with van der Waals surface area (Å²) >= 11 is 12.6.